The van der Waals surface area contributed by atoms with E-state index in [1.165, 1.54) is 0 Å². The summed E-state index contributed by atoms with van der Waals surface area (Å²) in [7, 11) is 2.15. The Kier molecular flexibility index (Phi) is 5.86. The molecule has 0 bridgehead atoms. The highest BCUT2D eigenvalue weighted by atomic mass is 16.5. The predicted molar refractivity (Wildman–Crippen MR) is 70.2 cm³/mol. The molecule has 1 fully saturated rings. The minimum Gasteiger partial charge on any atom is -0.394 e. The van der Waals surface area contributed by atoms with E-state index in [2.05, 4.69) is 38.0 Å². The predicted octanol–water partition coefficient (Wildman–Crippen LogP) is 0.846. The van der Waals surface area contributed by atoms with Gasteiger partial charge in [0, 0.05) is 30.8 Å². The van der Waals surface area contributed by atoms with Crippen LogP contribution in [0.1, 0.15) is 33.6 Å². The molecule has 0 aromatic carbocycles. The van der Waals surface area contributed by atoms with Crippen LogP contribution < -0.4 is 5.32 Å². The summed E-state index contributed by atoms with van der Waals surface area (Å²) >= 11 is 0. The number of aliphatic hydroxyl groups excluding tert-OH is 1. The third-order valence-electron chi connectivity index (χ3n) is 3.53. The second-order valence-electron chi connectivity index (χ2n) is 5.77. The van der Waals surface area contributed by atoms with Crippen molar-refractivity contribution in [3.63, 3.8) is 0 Å². The van der Waals surface area contributed by atoms with Gasteiger partial charge in [-0.2, -0.15) is 0 Å². The number of rotatable bonds is 7. The molecule has 0 aromatic heterocycles. The average molecular weight is 244 g/mol. The van der Waals surface area contributed by atoms with E-state index < -0.39 is 0 Å². The van der Waals surface area contributed by atoms with E-state index in [-0.39, 0.29) is 12.1 Å². The Morgan fingerprint density at radius 3 is 2.71 bits per heavy atom. The molecule has 0 amide bonds. The summed E-state index contributed by atoms with van der Waals surface area (Å²) in [5.74, 6) is 0. The molecule has 4 heteroatoms. The molecule has 2 unspecified atom stereocenters. The molecule has 0 saturated carbocycles. The van der Waals surface area contributed by atoms with Crippen LogP contribution in [-0.2, 0) is 4.74 Å². The zero-order valence-electron chi connectivity index (χ0n) is 11.7. The Balaban J connectivity index is 2.35. The van der Waals surface area contributed by atoms with E-state index in [0.29, 0.717) is 12.1 Å². The van der Waals surface area contributed by atoms with Gasteiger partial charge in [0.25, 0.3) is 0 Å². The molecule has 0 aliphatic carbocycles. The van der Waals surface area contributed by atoms with Crippen molar-refractivity contribution in [2.45, 2.75) is 51.2 Å². The molecule has 0 radical (unpaired) electrons. The molecule has 2 N–H and O–H groups in total. The highest BCUT2D eigenvalue weighted by Gasteiger charge is 2.26. The van der Waals surface area contributed by atoms with Gasteiger partial charge in [0.1, 0.15) is 0 Å². The first-order valence-electron chi connectivity index (χ1n) is 6.63. The number of nitrogens with zero attached hydrogens (tertiary/aromatic N) is 1. The smallest absolute Gasteiger partial charge is 0.0622 e. The fourth-order valence-corrected chi connectivity index (χ4v) is 2.37. The van der Waals surface area contributed by atoms with Crippen molar-refractivity contribution >= 4 is 0 Å². The third-order valence-corrected chi connectivity index (χ3v) is 3.53. The summed E-state index contributed by atoms with van der Waals surface area (Å²) in [6.45, 7) is 9.22. The van der Waals surface area contributed by atoms with E-state index in [1.807, 2.05) is 0 Å². The van der Waals surface area contributed by atoms with Gasteiger partial charge in [-0.15, -0.1) is 0 Å². The molecule has 102 valence electrons. The largest absolute Gasteiger partial charge is 0.394 e. The molecule has 0 spiro atoms. The Hall–Kier alpha value is -0.160. The first-order valence-corrected chi connectivity index (χ1v) is 6.63. The van der Waals surface area contributed by atoms with Crippen molar-refractivity contribution in [2.24, 2.45) is 0 Å². The highest BCUT2D eigenvalue weighted by molar-refractivity contribution is 4.86. The number of likely N-dealkylation sites (N-methyl/N-ethyl adjacent to an activating group) is 1. The van der Waals surface area contributed by atoms with Crippen molar-refractivity contribution in [2.75, 3.05) is 33.4 Å². The quantitative estimate of drug-likeness (QED) is 0.697. The molecule has 1 aliphatic heterocycles. The van der Waals surface area contributed by atoms with Crippen molar-refractivity contribution in [3.05, 3.63) is 0 Å². The summed E-state index contributed by atoms with van der Waals surface area (Å²) in [5, 5.41) is 13.0. The molecule has 0 aromatic rings. The van der Waals surface area contributed by atoms with Crippen molar-refractivity contribution < 1.29 is 9.84 Å². The van der Waals surface area contributed by atoms with E-state index >= 15 is 0 Å². The van der Waals surface area contributed by atoms with Gasteiger partial charge in [-0.1, -0.05) is 13.8 Å². The average Bonchev–Trinajstić information content (AvgIpc) is 2.78. The zero-order valence-corrected chi connectivity index (χ0v) is 11.7. The van der Waals surface area contributed by atoms with Gasteiger partial charge < -0.3 is 20.1 Å². The summed E-state index contributed by atoms with van der Waals surface area (Å²) in [6.07, 6.45) is 2.08. The highest BCUT2D eigenvalue weighted by Crippen LogP contribution is 2.15. The Bertz CT molecular complexity index is 217. The topological polar surface area (TPSA) is 44.7 Å². The lowest BCUT2D eigenvalue weighted by molar-refractivity contribution is 0.123. The normalized spacial score (nSPS) is 24.5. The summed E-state index contributed by atoms with van der Waals surface area (Å²) in [6, 6.07) is 0.948. The number of hydrogen-bond donors (Lipinski definition) is 2. The number of aliphatic hydroxyl groups is 1. The van der Waals surface area contributed by atoms with Crippen molar-refractivity contribution in [1.82, 2.24) is 10.2 Å². The van der Waals surface area contributed by atoms with Gasteiger partial charge in [0.15, 0.2) is 0 Å². The second kappa shape index (κ2) is 6.69. The van der Waals surface area contributed by atoms with Crippen LogP contribution in [0.2, 0.25) is 0 Å². The van der Waals surface area contributed by atoms with Crippen LogP contribution in [0, 0.1) is 0 Å². The minimum absolute atomic E-state index is 0.179. The lowest BCUT2D eigenvalue weighted by Crippen LogP contribution is -2.51. The van der Waals surface area contributed by atoms with E-state index in [1.54, 1.807) is 0 Å². The van der Waals surface area contributed by atoms with E-state index in [4.69, 9.17) is 4.74 Å². The Morgan fingerprint density at radius 2 is 2.24 bits per heavy atom. The number of hydrogen-bond acceptors (Lipinski definition) is 4. The van der Waals surface area contributed by atoms with Crippen LogP contribution in [0.3, 0.4) is 0 Å². The molecule has 1 heterocycles. The zero-order chi connectivity index (χ0) is 12.9. The van der Waals surface area contributed by atoms with Gasteiger partial charge >= 0.3 is 0 Å². The van der Waals surface area contributed by atoms with Crippen LogP contribution in [-0.4, -0.2) is 61.0 Å². The fourth-order valence-electron chi connectivity index (χ4n) is 2.37. The standard InChI is InChI=1S/C13H28N2O2/c1-11(2)14-13(3,10-16)6-7-15(4)12-5-8-17-9-12/h11-12,14,16H,5-10H2,1-4H3. The molecule has 17 heavy (non-hydrogen) atoms. The second-order valence-corrected chi connectivity index (χ2v) is 5.77. The SMILES string of the molecule is CC(C)NC(C)(CO)CCN(C)C1CCOC1. The summed E-state index contributed by atoms with van der Waals surface area (Å²) < 4.78 is 5.39. The maximum atomic E-state index is 9.51. The molecule has 4 nitrogen and oxygen atoms in total. The monoisotopic (exact) mass is 244 g/mol. The van der Waals surface area contributed by atoms with Gasteiger partial charge in [-0.25, -0.2) is 0 Å². The molecule has 1 saturated heterocycles. The van der Waals surface area contributed by atoms with Crippen LogP contribution in [0.25, 0.3) is 0 Å². The van der Waals surface area contributed by atoms with Crippen LogP contribution in [0.15, 0.2) is 0 Å². The van der Waals surface area contributed by atoms with Crippen molar-refractivity contribution in [3.8, 4) is 0 Å². The third kappa shape index (κ3) is 4.92. The van der Waals surface area contributed by atoms with Gasteiger partial charge in [0.05, 0.1) is 13.2 Å². The summed E-state index contributed by atoms with van der Waals surface area (Å²) in [5.41, 5.74) is -0.179. The number of ether oxygens (including phenoxy) is 1. The minimum atomic E-state index is -0.179. The van der Waals surface area contributed by atoms with Gasteiger partial charge in [-0.3, -0.25) is 0 Å². The Morgan fingerprint density at radius 1 is 1.53 bits per heavy atom. The lowest BCUT2D eigenvalue weighted by atomic mass is 9.97. The Labute approximate surface area is 105 Å². The first-order chi connectivity index (χ1) is 7.97. The van der Waals surface area contributed by atoms with Crippen molar-refractivity contribution in [1.29, 1.82) is 0 Å². The van der Waals surface area contributed by atoms with Crippen LogP contribution in [0.5, 0.6) is 0 Å². The molecule has 1 aliphatic rings. The maximum Gasteiger partial charge on any atom is 0.0622 e. The summed E-state index contributed by atoms with van der Waals surface area (Å²) in [4.78, 5) is 2.35. The van der Waals surface area contributed by atoms with Crippen LogP contribution in [0.4, 0.5) is 0 Å². The lowest BCUT2D eigenvalue weighted by Gasteiger charge is -2.34. The fraction of sp³-hybridized carbons (Fsp3) is 1.00. The maximum absolute atomic E-state index is 9.51. The molecule has 1 rings (SSSR count). The molecular formula is C13H28N2O2. The van der Waals surface area contributed by atoms with Crippen LogP contribution >= 0.6 is 0 Å². The molecule has 2 atom stereocenters. The number of nitrogens with one attached hydrogen (secondary N) is 1. The van der Waals surface area contributed by atoms with Gasteiger partial charge in [0.2, 0.25) is 0 Å². The molecular weight excluding hydrogens is 216 g/mol. The van der Waals surface area contributed by atoms with Gasteiger partial charge in [-0.05, 0) is 26.8 Å². The van der Waals surface area contributed by atoms with E-state index in [0.717, 1.165) is 32.6 Å². The first kappa shape index (κ1) is 14.9. The van der Waals surface area contributed by atoms with E-state index in [9.17, 15) is 5.11 Å².